The van der Waals surface area contributed by atoms with Crippen molar-refractivity contribution in [3.8, 4) is 0 Å². The van der Waals surface area contributed by atoms with Crippen LogP contribution in [0.2, 0.25) is 0 Å². The molecule has 0 aliphatic heterocycles. The first kappa shape index (κ1) is 17.6. The highest BCUT2D eigenvalue weighted by Crippen LogP contribution is 2.13. The van der Waals surface area contributed by atoms with Gasteiger partial charge >= 0.3 is 0 Å². The second-order valence-corrected chi connectivity index (χ2v) is 4.40. The molecule has 3 rings (SSSR count). The lowest BCUT2D eigenvalue weighted by Crippen LogP contribution is -2.08. The number of anilines is 1. The largest absolute Gasteiger partial charge is 0.367 e. The van der Waals surface area contributed by atoms with Gasteiger partial charge in [0.05, 0.1) is 0 Å². The standard InChI is InChI=1S/C14H15N5.C2H6.CH4/c1-11-10-18-14-13(17-8-9-19(11)14)16-7-4-12-2-5-15-6-3-12;1-2;/h2-3,5-6,8-10H,4,7H2,1H3,(H,16,17);1-2H3;1H4. The van der Waals surface area contributed by atoms with Crippen LogP contribution in [0, 0.1) is 6.92 Å². The highest BCUT2D eigenvalue weighted by atomic mass is 15.1. The predicted molar refractivity (Wildman–Crippen MR) is 92.2 cm³/mol. The molecule has 3 heterocycles. The molecule has 0 radical (unpaired) electrons. The molecule has 0 saturated heterocycles. The molecule has 1 N–H and O–H groups in total. The van der Waals surface area contributed by atoms with Crippen LogP contribution in [0.25, 0.3) is 5.65 Å². The van der Waals surface area contributed by atoms with Crippen LogP contribution >= 0.6 is 0 Å². The molecule has 118 valence electrons. The highest BCUT2D eigenvalue weighted by Gasteiger charge is 2.05. The molecule has 0 aliphatic carbocycles. The Morgan fingerprint density at radius 3 is 2.55 bits per heavy atom. The van der Waals surface area contributed by atoms with Gasteiger partial charge in [0.1, 0.15) is 0 Å². The average Bonchev–Trinajstić information content (AvgIpc) is 2.93. The number of nitrogens with one attached hydrogen (secondary N) is 1. The summed E-state index contributed by atoms with van der Waals surface area (Å²) in [5.41, 5.74) is 3.23. The number of nitrogens with zero attached hydrogens (tertiary/aromatic N) is 4. The third-order valence-electron chi connectivity index (χ3n) is 3.07. The van der Waals surface area contributed by atoms with Crippen LogP contribution in [-0.2, 0) is 6.42 Å². The van der Waals surface area contributed by atoms with Crippen molar-refractivity contribution in [3.63, 3.8) is 0 Å². The summed E-state index contributed by atoms with van der Waals surface area (Å²) >= 11 is 0. The highest BCUT2D eigenvalue weighted by molar-refractivity contribution is 5.62. The van der Waals surface area contributed by atoms with Crippen LogP contribution in [0.3, 0.4) is 0 Å². The van der Waals surface area contributed by atoms with Gasteiger partial charge in [0.15, 0.2) is 11.5 Å². The normalized spacial score (nSPS) is 9.59. The molecular formula is C17H25N5. The zero-order chi connectivity index (χ0) is 15.1. The van der Waals surface area contributed by atoms with E-state index in [9.17, 15) is 0 Å². The van der Waals surface area contributed by atoms with Crippen molar-refractivity contribution < 1.29 is 0 Å². The number of aryl methyl sites for hydroxylation is 1. The number of pyridine rings is 1. The minimum absolute atomic E-state index is 0. The number of imidazole rings is 1. The fourth-order valence-electron chi connectivity index (χ4n) is 2.04. The Bertz CT molecular complexity index is 676. The number of fused-ring (bicyclic) bond motifs is 1. The Labute approximate surface area is 132 Å². The molecule has 0 saturated carbocycles. The van der Waals surface area contributed by atoms with E-state index in [0.29, 0.717) is 0 Å². The second kappa shape index (κ2) is 8.77. The molecule has 0 spiro atoms. The summed E-state index contributed by atoms with van der Waals surface area (Å²) in [6.07, 6.45) is 10.1. The van der Waals surface area contributed by atoms with Gasteiger partial charge in [-0.25, -0.2) is 9.97 Å². The SMILES string of the molecule is C.CC.Cc1cnc2c(NCCc3ccncc3)nccn12. The maximum Gasteiger partial charge on any atom is 0.180 e. The summed E-state index contributed by atoms with van der Waals surface area (Å²) in [5, 5.41) is 3.33. The fraction of sp³-hybridized carbons (Fsp3) is 0.353. The molecule has 22 heavy (non-hydrogen) atoms. The molecule has 3 aromatic rings. The van der Waals surface area contributed by atoms with Crippen molar-refractivity contribution in [1.82, 2.24) is 19.4 Å². The minimum Gasteiger partial charge on any atom is -0.367 e. The number of hydrogen-bond acceptors (Lipinski definition) is 4. The monoisotopic (exact) mass is 299 g/mol. The van der Waals surface area contributed by atoms with Crippen molar-refractivity contribution in [2.75, 3.05) is 11.9 Å². The first-order valence-electron chi connectivity index (χ1n) is 7.26. The fourth-order valence-corrected chi connectivity index (χ4v) is 2.04. The summed E-state index contributed by atoms with van der Waals surface area (Å²) in [6, 6.07) is 4.05. The van der Waals surface area contributed by atoms with Crippen molar-refractivity contribution in [3.05, 3.63) is 54.4 Å². The van der Waals surface area contributed by atoms with E-state index < -0.39 is 0 Å². The van der Waals surface area contributed by atoms with Gasteiger partial charge in [0, 0.05) is 43.2 Å². The summed E-state index contributed by atoms with van der Waals surface area (Å²) in [6.45, 7) is 6.85. The zero-order valence-electron chi connectivity index (χ0n) is 12.7. The molecule has 0 bridgehead atoms. The summed E-state index contributed by atoms with van der Waals surface area (Å²) in [7, 11) is 0. The number of hydrogen-bond donors (Lipinski definition) is 1. The van der Waals surface area contributed by atoms with E-state index in [0.717, 1.165) is 30.1 Å². The Balaban J connectivity index is 0.000000775. The van der Waals surface area contributed by atoms with Crippen molar-refractivity contribution in [2.45, 2.75) is 34.6 Å². The van der Waals surface area contributed by atoms with Crippen molar-refractivity contribution >= 4 is 11.5 Å². The third kappa shape index (κ3) is 4.04. The van der Waals surface area contributed by atoms with E-state index in [-0.39, 0.29) is 7.43 Å². The van der Waals surface area contributed by atoms with Gasteiger partial charge in [0.25, 0.3) is 0 Å². The maximum absolute atomic E-state index is 4.37. The lowest BCUT2D eigenvalue weighted by atomic mass is 10.2. The summed E-state index contributed by atoms with van der Waals surface area (Å²) in [5.74, 6) is 0.824. The molecule has 0 aromatic carbocycles. The van der Waals surface area contributed by atoms with Crippen LogP contribution in [0.1, 0.15) is 32.5 Å². The molecule has 0 aliphatic rings. The predicted octanol–water partition coefficient (Wildman–Crippen LogP) is 3.75. The zero-order valence-corrected chi connectivity index (χ0v) is 12.7. The lowest BCUT2D eigenvalue weighted by Gasteiger charge is -2.07. The van der Waals surface area contributed by atoms with Crippen LogP contribution in [0.4, 0.5) is 5.82 Å². The van der Waals surface area contributed by atoms with Gasteiger partial charge in [-0.2, -0.15) is 0 Å². The van der Waals surface area contributed by atoms with Crippen LogP contribution in [0.5, 0.6) is 0 Å². The Morgan fingerprint density at radius 2 is 1.82 bits per heavy atom. The minimum atomic E-state index is 0. The van der Waals surface area contributed by atoms with Gasteiger partial charge in [-0.15, -0.1) is 0 Å². The van der Waals surface area contributed by atoms with E-state index in [1.807, 2.05) is 62.1 Å². The molecule has 0 amide bonds. The van der Waals surface area contributed by atoms with Crippen LogP contribution in [0.15, 0.2) is 43.1 Å². The molecule has 5 heteroatoms. The smallest absolute Gasteiger partial charge is 0.180 e. The van der Waals surface area contributed by atoms with Gasteiger partial charge in [-0.05, 0) is 31.0 Å². The number of aromatic nitrogens is 4. The van der Waals surface area contributed by atoms with Gasteiger partial charge < -0.3 is 5.32 Å². The van der Waals surface area contributed by atoms with Gasteiger partial charge in [-0.1, -0.05) is 21.3 Å². The van der Waals surface area contributed by atoms with Crippen LogP contribution < -0.4 is 5.32 Å². The molecule has 0 atom stereocenters. The molecule has 5 nitrogen and oxygen atoms in total. The molecule has 0 unspecified atom stereocenters. The first-order chi connectivity index (χ1) is 10.3. The molecular weight excluding hydrogens is 274 g/mol. The van der Waals surface area contributed by atoms with Crippen LogP contribution in [-0.4, -0.2) is 25.9 Å². The first-order valence-corrected chi connectivity index (χ1v) is 7.26. The quantitative estimate of drug-likeness (QED) is 0.797. The van der Waals surface area contributed by atoms with E-state index in [1.165, 1.54) is 5.56 Å². The second-order valence-electron chi connectivity index (χ2n) is 4.40. The molecule has 0 fully saturated rings. The third-order valence-corrected chi connectivity index (χ3v) is 3.07. The maximum atomic E-state index is 4.37. The number of rotatable bonds is 4. The topological polar surface area (TPSA) is 55.1 Å². The Morgan fingerprint density at radius 1 is 1.09 bits per heavy atom. The van der Waals surface area contributed by atoms with E-state index in [2.05, 4.69) is 20.3 Å². The van der Waals surface area contributed by atoms with E-state index >= 15 is 0 Å². The van der Waals surface area contributed by atoms with E-state index in [4.69, 9.17) is 0 Å². The summed E-state index contributed by atoms with van der Waals surface area (Å²) < 4.78 is 2.03. The molecule has 3 aromatic heterocycles. The van der Waals surface area contributed by atoms with Crippen molar-refractivity contribution in [1.29, 1.82) is 0 Å². The van der Waals surface area contributed by atoms with Gasteiger partial charge in [-0.3, -0.25) is 9.38 Å². The van der Waals surface area contributed by atoms with E-state index in [1.54, 1.807) is 6.20 Å². The Kier molecular flexibility index (Phi) is 7.02. The Hall–Kier alpha value is -2.43. The average molecular weight is 299 g/mol. The van der Waals surface area contributed by atoms with Crippen molar-refractivity contribution in [2.24, 2.45) is 0 Å². The lowest BCUT2D eigenvalue weighted by molar-refractivity contribution is 0.989. The van der Waals surface area contributed by atoms with Gasteiger partial charge in [0.2, 0.25) is 0 Å². The summed E-state index contributed by atoms with van der Waals surface area (Å²) in [4.78, 5) is 12.7.